The van der Waals surface area contributed by atoms with Crippen molar-refractivity contribution >= 4 is 5.91 Å². The molecule has 1 aliphatic carbocycles. The first-order valence-electron chi connectivity index (χ1n) is 7.42. The molecule has 0 aromatic heterocycles. The standard InChI is InChI=1S/C18H18FNO3/c1-23-16-7-6-12(8-15(16)19)17(21)20-11-18(22)9-13-4-2-3-5-14(13)10-18/h2-8,22H,9-11H2,1H3,(H,20,21). The van der Waals surface area contributed by atoms with Gasteiger partial charge in [-0.15, -0.1) is 0 Å². The number of benzene rings is 2. The Bertz CT molecular complexity index is 720. The minimum absolute atomic E-state index is 0.0893. The van der Waals surface area contributed by atoms with Crippen LogP contribution in [-0.2, 0) is 12.8 Å². The molecule has 0 fully saturated rings. The second-order valence-electron chi connectivity index (χ2n) is 5.88. The lowest BCUT2D eigenvalue weighted by Crippen LogP contribution is -2.43. The van der Waals surface area contributed by atoms with Gasteiger partial charge in [0.2, 0.25) is 0 Å². The number of ether oxygens (including phenoxy) is 1. The molecule has 0 aliphatic heterocycles. The molecule has 2 aromatic rings. The van der Waals surface area contributed by atoms with Gasteiger partial charge in [0.1, 0.15) is 0 Å². The van der Waals surface area contributed by atoms with E-state index >= 15 is 0 Å². The largest absolute Gasteiger partial charge is 0.494 e. The van der Waals surface area contributed by atoms with Crippen LogP contribution >= 0.6 is 0 Å². The number of hydrogen-bond acceptors (Lipinski definition) is 3. The van der Waals surface area contributed by atoms with Gasteiger partial charge in [-0.05, 0) is 29.3 Å². The number of halogens is 1. The first-order valence-corrected chi connectivity index (χ1v) is 7.42. The van der Waals surface area contributed by atoms with Crippen molar-refractivity contribution in [3.8, 4) is 5.75 Å². The van der Waals surface area contributed by atoms with Gasteiger partial charge in [-0.1, -0.05) is 24.3 Å². The third-order valence-corrected chi connectivity index (χ3v) is 4.15. The van der Waals surface area contributed by atoms with E-state index < -0.39 is 17.3 Å². The van der Waals surface area contributed by atoms with Crippen LogP contribution in [0.25, 0.3) is 0 Å². The third kappa shape index (κ3) is 3.19. The summed E-state index contributed by atoms with van der Waals surface area (Å²) in [5, 5.41) is 13.3. The van der Waals surface area contributed by atoms with Crippen LogP contribution in [0, 0.1) is 5.82 Å². The summed E-state index contributed by atoms with van der Waals surface area (Å²) in [6, 6.07) is 11.9. The van der Waals surface area contributed by atoms with Crippen molar-refractivity contribution in [2.45, 2.75) is 18.4 Å². The number of nitrogens with one attached hydrogen (secondary N) is 1. The Hall–Kier alpha value is -2.40. The monoisotopic (exact) mass is 315 g/mol. The van der Waals surface area contributed by atoms with Crippen LogP contribution in [0.2, 0.25) is 0 Å². The predicted octanol–water partition coefficient (Wildman–Crippen LogP) is 2.09. The van der Waals surface area contributed by atoms with Crippen LogP contribution in [0.3, 0.4) is 0 Å². The van der Waals surface area contributed by atoms with Crippen molar-refractivity contribution in [1.29, 1.82) is 0 Å². The van der Waals surface area contributed by atoms with Gasteiger partial charge in [-0.2, -0.15) is 0 Å². The zero-order valence-electron chi connectivity index (χ0n) is 12.8. The summed E-state index contributed by atoms with van der Waals surface area (Å²) in [4.78, 5) is 12.1. The van der Waals surface area contributed by atoms with Crippen LogP contribution in [0.15, 0.2) is 42.5 Å². The van der Waals surface area contributed by atoms with Gasteiger partial charge in [0.05, 0.1) is 12.7 Å². The fourth-order valence-corrected chi connectivity index (χ4v) is 2.95. The van der Waals surface area contributed by atoms with Crippen LogP contribution in [0.4, 0.5) is 4.39 Å². The molecular weight excluding hydrogens is 297 g/mol. The van der Waals surface area contributed by atoms with Crippen molar-refractivity contribution in [1.82, 2.24) is 5.32 Å². The summed E-state index contributed by atoms with van der Waals surface area (Å²) in [5.41, 5.74) is 1.39. The molecule has 0 bridgehead atoms. The van der Waals surface area contributed by atoms with E-state index in [4.69, 9.17) is 4.74 Å². The summed E-state index contributed by atoms with van der Waals surface area (Å²) in [7, 11) is 1.37. The van der Waals surface area contributed by atoms with Gasteiger partial charge >= 0.3 is 0 Å². The molecule has 4 nitrogen and oxygen atoms in total. The number of carbonyl (C=O) groups is 1. The number of methoxy groups -OCH3 is 1. The number of aliphatic hydroxyl groups is 1. The van der Waals surface area contributed by atoms with Crippen molar-refractivity contribution in [3.63, 3.8) is 0 Å². The molecule has 5 heteroatoms. The number of fused-ring (bicyclic) bond motifs is 1. The second kappa shape index (κ2) is 6.01. The fourth-order valence-electron chi connectivity index (χ4n) is 2.95. The van der Waals surface area contributed by atoms with Crippen molar-refractivity contribution < 1.29 is 19.0 Å². The molecule has 0 saturated heterocycles. The molecule has 1 amide bonds. The van der Waals surface area contributed by atoms with Gasteiger partial charge < -0.3 is 15.2 Å². The lowest BCUT2D eigenvalue weighted by atomic mass is 10.0. The van der Waals surface area contributed by atoms with E-state index in [-0.39, 0.29) is 17.9 Å². The lowest BCUT2D eigenvalue weighted by molar-refractivity contribution is 0.0479. The zero-order valence-corrected chi connectivity index (χ0v) is 12.8. The highest BCUT2D eigenvalue weighted by atomic mass is 19.1. The summed E-state index contributed by atoms with van der Waals surface area (Å²) < 4.78 is 18.5. The van der Waals surface area contributed by atoms with Crippen molar-refractivity contribution in [3.05, 3.63) is 65.0 Å². The number of amides is 1. The SMILES string of the molecule is COc1ccc(C(=O)NCC2(O)Cc3ccccc3C2)cc1F. The molecule has 0 saturated carbocycles. The fraction of sp³-hybridized carbons (Fsp3) is 0.278. The Kier molecular flexibility index (Phi) is 4.05. The summed E-state index contributed by atoms with van der Waals surface area (Å²) in [6.07, 6.45) is 1.00. The smallest absolute Gasteiger partial charge is 0.251 e. The Morgan fingerprint density at radius 2 is 1.91 bits per heavy atom. The molecule has 2 N–H and O–H groups in total. The van der Waals surface area contributed by atoms with Crippen LogP contribution < -0.4 is 10.1 Å². The van der Waals surface area contributed by atoms with Crippen LogP contribution in [-0.4, -0.2) is 30.3 Å². The van der Waals surface area contributed by atoms with Crippen molar-refractivity contribution in [2.24, 2.45) is 0 Å². The molecule has 120 valence electrons. The highest BCUT2D eigenvalue weighted by Gasteiger charge is 2.35. The first kappa shape index (κ1) is 15.5. The molecule has 0 heterocycles. The van der Waals surface area contributed by atoms with E-state index in [1.807, 2.05) is 24.3 Å². The number of rotatable bonds is 4. The molecule has 0 radical (unpaired) electrons. The molecule has 0 unspecified atom stereocenters. The Labute approximate surface area is 133 Å². The number of hydrogen-bond donors (Lipinski definition) is 2. The minimum atomic E-state index is -0.996. The van der Waals surface area contributed by atoms with Crippen molar-refractivity contribution in [2.75, 3.05) is 13.7 Å². The van der Waals surface area contributed by atoms with E-state index in [9.17, 15) is 14.3 Å². The van der Waals surface area contributed by atoms with Crippen LogP contribution in [0.1, 0.15) is 21.5 Å². The quantitative estimate of drug-likeness (QED) is 0.908. The minimum Gasteiger partial charge on any atom is -0.494 e. The van der Waals surface area contributed by atoms with E-state index in [1.165, 1.54) is 19.2 Å². The van der Waals surface area contributed by atoms with Gasteiger partial charge in [0.25, 0.3) is 5.91 Å². The molecule has 0 spiro atoms. The van der Waals surface area contributed by atoms with Gasteiger partial charge in [-0.3, -0.25) is 4.79 Å². The van der Waals surface area contributed by atoms with Crippen LogP contribution in [0.5, 0.6) is 5.75 Å². The topological polar surface area (TPSA) is 58.6 Å². The van der Waals surface area contributed by atoms with E-state index in [0.717, 1.165) is 17.2 Å². The summed E-state index contributed by atoms with van der Waals surface area (Å²) in [5.74, 6) is -0.922. The van der Waals surface area contributed by atoms with Gasteiger partial charge in [0, 0.05) is 24.9 Å². The maximum Gasteiger partial charge on any atom is 0.251 e. The molecule has 1 aliphatic rings. The van der Waals surface area contributed by atoms with Gasteiger partial charge in [-0.25, -0.2) is 4.39 Å². The van der Waals surface area contributed by atoms with E-state index in [1.54, 1.807) is 0 Å². The average Bonchev–Trinajstić information content (AvgIpc) is 2.89. The Morgan fingerprint density at radius 1 is 1.26 bits per heavy atom. The predicted molar refractivity (Wildman–Crippen MR) is 84.1 cm³/mol. The summed E-state index contributed by atoms with van der Waals surface area (Å²) in [6.45, 7) is 0.119. The Balaban J connectivity index is 1.65. The summed E-state index contributed by atoms with van der Waals surface area (Å²) >= 11 is 0. The Morgan fingerprint density at radius 3 is 2.48 bits per heavy atom. The normalized spacial score (nSPS) is 15.1. The molecule has 3 rings (SSSR count). The molecule has 0 atom stereocenters. The highest BCUT2D eigenvalue weighted by Crippen LogP contribution is 2.29. The number of carbonyl (C=O) groups excluding carboxylic acids is 1. The lowest BCUT2D eigenvalue weighted by Gasteiger charge is -2.22. The zero-order chi connectivity index (χ0) is 16.4. The molecule has 23 heavy (non-hydrogen) atoms. The maximum atomic E-state index is 13.7. The maximum absolute atomic E-state index is 13.7. The highest BCUT2D eigenvalue weighted by molar-refractivity contribution is 5.94. The molecule has 2 aromatic carbocycles. The van der Waals surface area contributed by atoms with Gasteiger partial charge in [0.15, 0.2) is 11.6 Å². The third-order valence-electron chi connectivity index (χ3n) is 4.15. The first-order chi connectivity index (χ1) is 11.0. The molecular formula is C18H18FNO3. The van der Waals surface area contributed by atoms with E-state index in [2.05, 4.69) is 5.32 Å². The second-order valence-corrected chi connectivity index (χ2v) is 5.88. The average molecular weight is 315 g/mol. The van der Waals surface area contributed by atoms with E-state index in [0.29, 0.717) is 12.8 Å².